The first-order chi connectivity index (χ1) is 16.2. The lowest BCUT2D eigenvalue weighted by molar-refractivity contribution is -0.127. The second-order valence-electron chi connectivity index (χ2n) is 8.55. The van der Waals surface area contributed by atoms with Crippen molar-refractivity contribution in [2.24, 2.45) is 0 Å². The van der Waals surface area contributed by atoms with E-state index in [-0.39, 0.29) is 18.1 Å². The van der Waals surface area contributed by atoms with Crippen LogP contribution in [0.1, 0.15) is 54.8 Å². The fourth-order valence-corrected chi connectivity index (χ4v) is 3.37. The Labute approximate surface area is 199 Å². The third kappa shape index (κ3) is 6.15. The number of ether oxygens (including phenoxy) is 1. The molecule has 2 amide bonds. The summed E-state index contributed by atoms with van der Waals surface area (Å²) < 4.78 is 18.9. The number of nitrogens with zero attached hydrogens (tertiary/aromatic N) is 3. The highest BCUT2D eigenvalue weighted by molar-refractivity contribution is 5.96. The van der Waals surface area contributed by atoms with Crippen LogP contribution in [0.15, 0.2) is 67.1 Å². The van der Waals surface area contributed by atoms with Crippen LogP contribution in [0.25, 0.3) is 0 Å². The van der Waals surface area contributed by atoms with Gasteiger partial charge in [0.2, 0.25) is 5.91 Å². The molecule has 2 aromatic carbocycles. The third-order valence-corrected chi connectivity index (χ3v) is 5.65. The second-order valence-corrected chi connectivity index (χ2v) is 8.55. The lowest BCUT2D eigenvalue weighted by Gasteiger charge is -2.34. The molecule has 0 radical (unpaired) electrons. The number of hydrogen-bond donors (Lipinski definition) is 1. The van der Waals surface area contributed by atoms with E-state index in [4.69, 9.17) is 4.74 Å². The summed E-state index contributed by atoms with van der Waals surface area (Å²) in [7, 11) is 1.57. The van der Waals surface area contributed by atoms with E-state index in [1.807, 2.05) is 32.9 Å². The Bertz CT molecular complexity index is 1100. The first-order valence-corrected chi connectivity index (χ1v) is 11.0. The molecule has 34 heavy (non-hydrogen) atoms. The van der Waals surface area contributed by atoms with Gasteiger partial charge < -0.3 is 15.0 Å². The van der Waals surface area contributed by atoms with Gasteiger partial charge in [0.05, 0.1) is 13.3 Å². The molecule has 8 heteroatoms. The van der Waals surface area contributed by atoms with E-state index in [1.165, 1.54) is 47.8 Å². The van der Waals surface area contributed by atoms with Crippen LogP contribution < -0.4 is 10.1 Å². The van der Waals surface area contributed by atoms with Gasteiger partial charge in [0.25, 0.3) is 5.91 Å². The SMILES string of the molecule is CCC(C)(C)NC(=O)[C@@H](c1ccc(F)cc1)N(Cc1ccc(OC)cc1)C(=O)c1cnccn1. The van der Waals surface area contributed by atoms with Crippen LogP contribution in [0.2, 0.25) is 0 Å². The molecule has 0 aliphatic carbocycles. The lowest BCUT2D eigenvalue weighted by Crippen LogP contribution is -2.50. The highest BCUT2D eigenvalue weighted by atomic mass is 19.1. The standard InChI is InChI=1S/C26H29FN4O3/c1-5-26(2,3)30-24(32)23(19-8-10-20(27)11-9-19)31(25(33)22-16-28-14-15-29-22)17-18-6-12-21(34-4)13-7-18/h6-16,23H,5,17H2,1-4H3,(H,30,32)/t23-/m1/s1. The molecule has 7 nitrogen and oxygen atoms in total. The molecule has 0 aliphatic heterocycles. The lowest BCUT2D eigenvalue weighted by atomic mass is 9.98. The molecule has 0 aliphatic rings. The summed E-state index contributed by atoms with van der Waals surface area (Å²) in [5.41, 5.74) is 0.867. The summed E-state index contributed by atoms with van der Waals surface area (Å²) in [6.45, 7) is 5.89. The summed E-state index contributed by atoms with van der Waals surface area (Å²) in [4.78, 5) is 36.8. The highest BCUT2D eigenvalue weighted by Crippen LogP contribution is 2.27. The molecule has 0 saturated carbocycles. The molecule has 0 saturated heterocycles. The van der Waals surface area contributed by atoms with Crippen molar-refractivity contribution in [3.63, 3.8) is 0 Å². The van der Waals surface area contributed by atoms with Gasteiger partial charge in [-0.2, -0.15) is 0 Å². The van der Waals surface area contributed by atoms with E-state index in [0.29, 0.717) is 17.7 Å². The van der Waals surface area contributed by atoms with E-state index in [9.17, 15) is 14.0 Å². The smallest absolute Gasteiger partial charge is 0.275 e. The maximum Gasteiger partial charge on any atom is 0.275 e. The zero-order valence-electron chi connectivity index (χ0n) is 19.8. The van der Waals surface area contributed by atoms with Crippen LogP contribution in [0.4, 0.5) is 4.39 Å². The number of rotatable bonds is 9. The third-order valence-electron chi connectivity index (χ3n) is 5.65. The average molecular weight is 465 g/mol. The number of carbonyl (C=O) groups excluding carboxylic acids is 2. The van der Waals surface area contributed by atoms with Crippen molar-refractivity contribution in [2.75, 3.05) is 7.11 Å². The molecule has 0 unspecified atom stereocenters. The van der Waals surface area contributed by atoms with Gasteiger partial charge in [0, 0.05) is 24.5 Å². The summed E-state index contributed by atoms with van der Waals surface area (Å²) in [6, 6.07) is 11.8. The van der Waals surface area contributed by atoms with Gasteiger partial charge in [0.1, 0.15) is 23.3 Å². The Morgan fingerprint density at radius 3 is 2.32 bits per heavy atom. The topological polar surface area (TPSA) is 84.4 Å². The molecule has 3 rings (SSSR count). The number of nitrogens with one attached hydrogen (secondary N) is 1. The number of methoxy groups -OCH3 is 1. The van der Waals surface area contributed by atoms with Crippen molar-refractivity contribution < 1.29 is 18.7 Å². The summed E-state index contributed by atoms with van der Waals surface area (Å²) in [5, 5.41) is 3.03. The van der Waals surface area contributed by atoms with Crippen molar-refractivity contribution in [3.8, 4) is 5.75 Å². The molecule has 1 aromatic heterocycles. The van der Waals surface area contributed by atoms with Crippen molar-refractivity contribution >= 4 is 11.8 Å². The number of benzene rings is 2. The Balaban J connectivity index is 2.09. The highest BCUT2D eigenvalue weighted by Gasteiger charge is 2.35. The van der Waals surface area contributed by atoms with Crippen molar-refractivity contribution in [1.29, 1.82) is 0 Å². The normalized spacial score (nSPS) is 12.0. The van der Waals surface area contributed by atoms with Gasteiger partial charge in [-0.05, 0) is 55.7 Å². The van der Waals surface area contributed by atoms with Gasteiger partial charge in [-0.25, -0.2) is 9.37 Å². The van der Waals surface area contributed by atoms with Crippen LogP contribution in [0, 0.1) is 5.82 Å². The molecule has 1 heterocycles. The molecule has 0 spiro atoms. The molecule has 1 N–H and O–H groups in total. The van der Waals surface area contributed by atoms with Crippen LogP contribution >= 0.6 is 0 Å². The second kappa shape index (κ2) is 10.9. The molecule has 1 atom stereocenters. The number of hydrogen-bond acceptors (Lipinski definition) is 5. The molecule has 0 bridgehead atoms. The van der Waals surface area contributed by atoms with Gasteiger partial charge in [0.15, 0.2) is 0 Å². The van der Waals surface area contributed by atoms with Gasteiger partial charge in [-0.15, -0.1) is 0 Å². The quantitative estimate of drug-likeness (QED) is 0.510. The fraction of sp³-hybridized carbons (Fsp3) is 0.308. The van der Waals surface area contributed by atoms with Crippen LogP contribution in [-0.4, -0.2) is 39.3 Å². The first kappa shape index (κ1) is 24.8. The van der Waals surface area contributed by atoms with Crippen LogP contribution in [0.5, 0.6) is 5.75 Å². The first-order valence-electron chi connectivity index (χ1n) is 11.0. The predicted octanol–water partition coefficient (Wildman–Crippen LogP) is 4.31. The average Bonchev–Trinajstić information content (AvgIpc) is 2.85. The number of amides is 2. The monoisotopic (exact) mass is 464 g/mol. The number of halogens is 1. The van der Waals surface area contributed by atoms with Crippen molar-refractivity contribution in [3.05, 3.63) is 89.8 Å². The number of carbonyl (C=O) groups is 2. The Morgan fingerprint density at radius 1 is 1.09 bits per heavy atom. The van der Waals surface area contributed by atoms with E-state index in [0.717, 1.165) is 5.56 Å². The Hall–Kier alpha value is -3.81. The van der Waals surface area contributed by atoms with Crippen molar-refractivity contribution in [2.45, 2.75) is 45.3 Å². The van der Waals surface area contributed by atoms with E-state index < -0.39 is 23.3 Å². The fourth-order valence-electron chi connectivity index (χ4n) is 3.37. The summed E-state index contributed by atoms with van der Waals surface area (Å²) >= 11 is 0. The largest absolute Gasteiger partial charge is 0.497 e. The number of aromatic nitrogens is 2. The minimum Gasteiger partial charge on any atom is -0.497 e. The molecule has 178 valence electrons. The summed E-state index contributed by atoms with van der Waals surface area (Å²) in [5.74, 6) is -0.598. The molecule has 3 aromatic rings. The van der Waals surface area contributed by atoms with Crippen LogP contribution in [-0.2, 0) is 11.3 Å². The zero-order valence-corrected chi connectivity index (χ0v) is 19.8. The molecular weight excluding hydrogens is 435 g/mol. The Morgan fingerprint density at radius 2 is 1.76 bits per heavy atom. The van der Waals surface area contributed by atoms with E-state index in [2.05, 4.69) is 15.3 Å². The van der Waals surface area contributed by atoms with Crippen molar-refractivity contribution in [1.82, 2.24) is 20.2 Å². The molecular formula is C26H29FN4O3. The zero-order chi connectivity index (χ0) is 24.7. The summed E-state index contributed by atoms with van der Waals surface area (Å²) in [6.07, 6.45) is 4.94. The minimum absolute atomic E-state index is 0.102. The minimum atomic E-state index is -1.02. The maximum atomic E-state index is 13.7. The van der Waals surface area contributed by atoms with Gasteiger partial charge in [-0.3, -0.25) is 14.6 Å². The van der Waals surface area contributed by atoms with E-state index >= 15 is 0 Å². The van der Waals surface area contributed by atoms with Crippen LogP contribution in [0.3, 0.4) is 0 Å². The Kier molecular flexibility index (Phi) is 7.94. The maximum absolute atomic E-state index is 13.7. The van der Waals surface area contributed by atoms with E-state index in [1.54, 1.807) is 19.2 Å². The predicted molar refractivity (Wildman–Crippen MR) is 127 cm³/mol. The van der Waals surface area contributed by atoms with Gasteiger partial charge in [-0.1, -0.05) is 31.2 Å². The van der Waals surface area contributed by atoms with Gasteiger partial charge >= 0.3 is 0 Å². The molecule has 0 fully saturated rings.